The highest BCUT2D eigenvalue weighted by Gasteiger charge is 2.21. The van der Waals surface area contributed by atoms with Gasteiger partial charge in [-0.25, -0.2) is 4.79 Å². The van der Waals surface area contributed by atoms with Crippen molar-refractivity contribution in [3.05, 3.63) is 0 Å². The molecule has 0 aliphatic heterocycles. The molecule has 2 amide bonds. The van der Waals surface area contributed by atoms with E-state index >= 15 is 0 Å². The third-order valence-corrected chi connectivity index (χ3v) is 1.82. The summed E-state index contributed by atoms with van der Waals surface area (Å²) in [7, 11) is 0. The second-order valence-corrected chi connectivity index (χ2v) is 4.77. The molecule has 0 aromatic rings. The van der Waals surface area contributed by atoms with Crippen molar-refractivity contribution in [2.24, 2.45) is 11.5 Å². The van der Waals surface area contributed by atoms with Crippen LogP contribution in [-0.4, -0.2) is 29.7 Å². The molecule has 16 heavy (non-hydrogen) atoms. The van der Waals surface area contributed by atoms with Crippen molar-refractivity contribution in [1.29, 1.82) is 0 Å². The average molecular weight is 231 g/mol. The predicted octanol–water partition coefficient (Wildman–Crippen LogP) is 0.102. The molecular weight excluding hydrogens is 210 g/mol. The number of amides is 2. The lowest BCUT2D eigenvalue weighted by Gasteiger charge is -2.24. The minimum Gasteiger partial charge on any atom is -0.444 e. The van der Waals surface area contributed by atoms with E-state index in [0.29, 0.717) is 0 Å². The van der Waals surface area contributed by atoms with Gasteiger partial charge in [0.25, 0.3) is 0 Å². The Morgan fingerprint density at radius 2 is 1.88 bits per heavy atom. The third kappa shape index (κ3) is 7.05. The fourth-order valence-electron chi connectivity index (χ4n) is 1.01. The molecule has 94 valence electrons. The minimum atomic E-state index is -0.558. The van der Waals surface area contributed by atoms with Crippen LogP contribution in [0.25, 0.3) is 0 Å². The predicted molar refractivity (Wildman–Crippen MR) is 60.6 cm³/mol. The molecule has 0 bridgehead atoms. The van der Waals surface area contributed by atoms with E-state index in [-0.39, 0.29) is 12.5 Å². The standard InChI is InChI=1S/C10H21N3O3/c1-6(7(11)5-8(12)14)13-9(15)16-10(2,3)4/h6-7H,5,11H2,1-4H3,(H2,12,14)(H,13,15). The minimum absolute atomic E-state index is 0.0248. The maximum Gasteiger partial charge on any atom is 0.407 e. The van der Waals surface area contributed by atoms with Crippen LogP contribution in [0.1, 0.15) is 34.1 Å². The summed E-state index contributed by atoms with van der Waals surface area (Å²) in [4.78, 5) is 22.0. The molecule has 2 atom stereocenters. The molecule has 0 fully saturated rings. The van der Waals surface area contributed by atoms with Crippen molar-refractivity contribution < 1.29 is 14.3 Å². The summed E-state index contributed by atoms with van der Waals surface area (Å²) < 4.78 is 5.04. The summed E-state index contributed by atoms with van der Waals surface area (Å²) in [6.45, 7) is 6.99. The highest BCUT2D eigenvalue weighted by atomic mass is 16.6. The van der Waals surface area contributed by atoms with E-state index in [1.54, 1.807) is 27.7 Å². The van der Waals surface area contributed by atoms with Gasteiger partial charge >= 0.3 is 6.09 Å². The number of hydrogen-bond donors (Lipinski definition) is 3. The molecule has 0 heterocycles. The molecule has 6 nitrogen and oxygen atoms in total. The van der Waals surface area contributed by atoms with Gasteiger partial charge in [-0.05, 0) is 27.7 Å². The Labute approximate surface area is 95.7 Å². The molecule has 0 radical (unpaired) electrons. The summed E-state index contributed by atoms with van der Waals surface area (Å²) in [5.41, 5.74) is 10.1. The molecule has 0 spiro atoms. The summed E-state index contributed by atoms with van der Waals surface area (Å²) in [6.07, 6.45) is -0.531. The van der Waals surface area contributed by atoms with Gasteiger partial charge in [0, 0.05) is 18.5 Å². The second kappa shape index (κ2) is 5.69. The van der Waals surface area contributed by atoms with E-state index in [2.05, 4.69) is 5.32 Å². The largest absolute Gasteiger partial charge is 0.444 e. The van der Waals surface area contributed by atoms with Gasteiger partial charge in [-0.1, -0.05) is 0 Å². The lowest BCUT2D eigenvalue weighted by Crippen LogP contribution is -2.48. The summed E-state index contributed by atoms with van der Waals surface area (Å²) in [6, 6.07) is -0.882. The lowest BCUT2D eigenvalue weighted by molar-refractivity contribution is -0.118. The van der Waals surface area contributed by atoms with E-state index in [9.17, 15) is 9.59 Å². The zero-order valence-electron chi connectivity index (χ0n) is 10.2. The zero-order chi connectivity index (χ0) is 12.9. The summed E-state index contributed by atoms with van der Waals surface area (Å²) in [5, 5.41) is 2.55. The van der Waals surface area contributed by atoms with Crippen LogP contribution in [0.3, 0.4) is 0 Å². The van der Waals surface area contributed by atoms with Gasteiger partial charge in [0.1, 0.15) is 5.60 Å². The van der Waals surface area contributed by atoms with Crippen molar-refractivity contribution >= 4 is 12.0 Å². The molecule has 0 aliphatic carbocycles. The quantitative estimate of drug-likeness (QED) is 0.637. The van der Waals surface area contributed by atoms with Crippen molar-refractivity contribution in [1.82, 2.24) is 5.32 Å². The average Bonchev–Trinajstić information content (AvgIpc) is 1.98. The van der Waals surface area contributed by atoms with Gasteiger partial charge in [0.05, 0.1) is 0 Å². The van der Waals surface area contributed by atoms with Crippen LogP contribution in [0, 0.1) is 0 Å². The van der Waals surface area contributed by atoms with Gasteiger partial charge in [0.2, 0.25) is 5.91 Å². The van der Waals surface area contributed by atoms with Crippen molar-refractivity contribution in [3.8, 4) is 0 Å². The molecule has 6 heteroatoms. The molecule has 0 saturated carbocycles. The number of ether oxygens (including phenoxy) is 1. The Kier molecular flexibility index (Phi) is 5.23. The first-order valence-corrected chi connectivity index (χ1v) is 5.15. The zero-order valence-corrected chi connectivity index (χ0v) is 10.2. The van der Waals surface area contributed by atoms with Crippen LogP contribution in [-0.2, 0) is 9.53 Å². The monoisotopic (exact) mass is 231 g/mol. The van der Waals surface area contributed by atoms with E-state index < -0.39 is 23.6 Å². The molecule has 0 aliphatic rings. The third-order valence-electron chi connectivity index (χ3n) is 1.82. The van der Waals surface area contributed by atoms with Gasteiger partial charge in [-0.15, -0.1) is 0 Å². The van der Waals surface area contributed by atoms with Crippen molar-refractivity contribution in [2.75, 3.05) is 0 Å². The summed E-state index contributed by atoms with van der Waals surface area (Å²) in [5.74, 6) is -0.495. The number of carbonyl (C=O) groups is 2. The van der Waals surface area contributed by atoms with E-state index in [1.807, 2.05) is 0 Å². The molecular formula is C10H21N3O3. The number of rotatable bonds is 4. The SMILES string of the molecule is CC(NC(=O)OC(C)(C)C)C(N)CC(N)=O. The number of primary amides is 1. The normalized spacial score (nSPS) is 15.1. The Balaban J connectivity index is 4.09. The Morgan fingerprint density at radius 3 is 2.25 bits per heavy atom. The number of alkyl carbamates (subject to hydrolysis) is 1. The molecule has 0 rings (SSSR count). The number of carbonyl (C=O) groups excluding carboxylic acids is 2. The Hall–Kier alpha value is -1.30. The first kappa shape index (κ1) is 14.7. The molecule has 2 unspecified atom stereocenters. The van der Waals surface area contributed by atoms with Gasteiger partial charge in [-0.3, -0.25) is 4.79 Å². The van der Waals surface area contributed by atoms with Crippen LogP contribution >= 0.6 is 0 Å². The van der Waals surface area contributed by atoms with Crippen LogP contribution in [0.15, 0.2) is 0 Å². The van der Waals surface area contributed by atoms with Gasteiger partial charge in [0.15, 0.2) is 0 Å². The molecule has 0 saturated heterocycles. The van der Waals surface area contributed by atoms with Crippen LogP contribution in [0.5, 0.6) is 0 Å². The molecule has 0 aromatic heterocycles. The fraction of sp³-hybridized carbons (Fsp3) is 0.800. The van der Waals surface area contributed by atoms with Crippen LogP contribution in [0.4, 0.5) is 4.79 Å². The Bertz CT molecular complexity index is 261. The van der Waals surface area contributed by atoms with Gasteiger partial charge in [-0.2, -0.15) is 0 Å². The van der Waals surface area contributed by atoms with Gasteiger partial charge < -0.3 is 21.5 Å². The Morgan fingerprint density at radius 1 is 1.38 bits per heavy atom. The highest BCUT2D eigenvalue weighted by molar-refractivity contribution is 5.74. The maximum absolute atomic E-state index is 11.4. The van der Waals surface area contributed by atoms with Crippen molar-refractivity contribution in [3.63, 3.8) is 0 Å². The van der Waals surface area contributed by atoms with Crippen LogP contribution in [0.2, 0.25) is 0 Å². The number of nitrogens with one attached hydrogen (secondary N) is 1. The maximum atomic E-state index is 11.4. The number of nitrogens with two attached hydrogens (primary N) is 2. The van der Waals surface area contributed by atoms with Crippen molar-refractivity contribution in [2.45, 2.75) is 51.8 Å². The smallest absolute Gasteiger partial charge is 0.407 e. The lowest BCUT2D eigenvalue weighted by atomic mass is 10.1. The fourth-order valence-corrected chi connectivity index (χ4v) is 1.01. The second-order valence-electron chi connectivity index (χ2n) is 4.77. The summed E-state index contributed by atoms with van der Waals surface area (Å²) >= 11 is 0. The molecule has 0 aromatic carbocycles. The highest BCUT2D eigenvalue weighted by Crippen LogP contribution is 2.07. The number of hydrogen-bond acceptors (Lipinski definition) is 4. The topological polar surface area (TPSA) is 107 Å². The first-order valence-electron chi connectivity index (χ1n) is 5.15. The van der Waals surface area contributed by atoms with E-state index in [0.717, 1.165) is 0 Å². The van der Waals surface area contributed by atoms with E-state index in [1.165, 1.54) is 0 Å². The van der Waals surface area contributed by atoms with E-state index in [4.69, 9.17) is 16.2 Å². The van der Waals surface area contributed by atoms with Crippen LogP contribution < -0.4 is 16.8 Å². The molecule has 5 N–H and O–H groups in total. The first-order chi connectivity index (χ1) is 7.11.